The molecule has 4 nitrogen and oxygen atoms in total. The molecule has 4 heteroatoms. The molecule has 1 N–H and O–H groups in total. The number of carbonyl (C=O) groups excluding carboxylic acids is 1. The molecule has 21 heavy (non-hydrogen) atoms. The van der Waals surface area contributed by atoms with E-state index in [1.54, 1.807) is 0 Å². The molecule has 1 amide bonds. The van der Waals surface area contributed by atoms with E-state index in [-0.39, 0.29) is 12.5 Å². The predicted molar refractivity (Wildman–Crippen MR) is 81.7 cm³/mol. The van der Waals surface area contributed by atoms with E-state index in [0.717, 1.165) is 45.3 Å². The topological polar surface area (TPSA) is 43.8 Å². The second kappa shape index (κ2) is 6.58. The summed E-state index contributed by atoms with van der Waals surface area (Å²) in [6, 6.07) is 11.3. The Hall–Kier alpha value is -1.39. The summed E-state index contributed by atoms with van der Waals surface area (Å²) in [4.78, 5) is 16.4. The fraction of sp³-hybridized carbons (Fsp3) is 0.588. The van der Waals surface area contributed by atoms with Crippen molar-refractivity contribution >= 4 is 5.91 Å². The zero-order valence-corrected chi connectivity index (χ0v) is 12.4. The summed E-state index contributed by atoms with van der Waals surface area (Å²) in [6.45, 7) is 2.70. The van der Waals surface area contributed by atoms with Crippen molar-refractivity contribution in [2.45, 2.75) is 44.3 Å². The first-order valence-electron chi connectivity index (χ1n) is 7.96. The molecule has 2 fully saturated rings. The van der Waals surface area contributed by atoms with Crippen LogP contribution in [0.15, 0.2) is 30.3 Å². The van der Waals surface area contributed by atoms with Gasteiger partial charge in [0, 0.05) is 31.7 Å². The summed E-state index contributed by atoms with van der Waals surface area (Å²) in [6.07, 6.45) is 4.26. The molecule has 0 atom stereocenters. The average Bonchev–Trinajstić information content (AvgIpc) is 3.35. The molecule has 1 saturated heterocycles. The standard InChI is InChI=1S/C17H24N2O2/c20-13-17(21)19(15-6-7-15)16-8-10-18(11-9-16)12-14-4-2-1-3-5-14/h1-5,15-16,20H,6-13H2. The van der Waals surface area contributed by atoms with Crippen molar-refractivity contribution in [2.24, 2.45) is 0 Å². The van der Waals surface area contributed by atoms with Gasteiger partial charge in [-0.05, 0) is 31.2 Å². The first-order valence-corrected chi connectivity index (χ1v) is 7.96. The van der Waals surface area contributed by atoms with E-state index in [1.807, 2.05) is 11.0 Å². The maximum absolute atomic E-state index is 11.9. The van der Waals surface area contributed by atoms with Gasteiger partial charge in [-0.3, -0.25) is 9.69 Å². The number of carbonyl (C=O) groups is 1. The largest absolute Gasteiger partial charge is 0.387 e. The van der Waals surface area contributed by atoms with Crippen molar-refractivity contribution in [1.29, 1.82) is 0 Å². The Kier molecular flexibility index (Phi) is 4.56. The van der Waals surface area contributed by atoms with Crippen LogP contribution in [-0.4, -0.2) is 52.6 Å². The first-order chi connectivity index (χ1) is 10.3. The molecule has 1 aliphatic heterocycles. The Balaban J connectivity index is 1.53. The molecule has 1 aromatic rings. The normalized spacial score (nSPS) is 20.4. The van der Waals surface area contributed by atoms with E-state index in [9.17, 15) is 4.79 Å². The Morgan fingerprint density at radius 3 is 2.29 bits per heavy atom. The number of benzene rings is 1. The number of hydrogen-bond acceptors (Lipinski definition) is 3. The Labute approximate surface area is 126 Å². The van der Waals surface area contributed by atoms with Gasteiger partial charge in [0.05, 0.1) is 0 Å². The highest BCUT2D eigenvalue weighted by molar-refractivity contribution is 5.78. The molecule has 1 aromatic carbocycles. The summed E-state index contributed by atoms with van der Waals surface area (Å²) in [5.41, 5.74) is 1.35. The summed E-state index contributed by atoms with van der Waals surface area (Å²) in [7, 11) is 0. The van der Waals surface area contributed by atoms with Gasteiger partial charge in [0.25, 0.3) is 0 Å². The van der Waals surface area contributed by atoms with E-state index in [0.29, 0.717) is 12.1 Å². The van der Waals surface area contributed by atoms with Crippen molar-refractivity contribution in [3.63, 3.8) is 0 Å². The van der Waals surface area contributed by atoms with E-state index in [2.05, 4.69) is 29.2 Å². The monoisotopic (exact) mass is 288 g/mol. The number of likely N-dealkylation sites (tertiary alicyclic amines) is 1. The Bertz CT molecular complexity index is 465. The highest BCUT2D eigenvalue weighted by atomic mass is 16.3. The summed E-state index contributed by atoms with van der Waals surface area (Å²) < 4.78 is 0. The number of hydrogen-bond donors (Lipinski definition) is 1. The molecule has 1 saturated carbocycles. The smallest absolute Gasteiger partial charge is 0.248 e. The predicted octanol–water partition coefficient (Wildman–Crippen LogP) is 1.63. The van der Waals surface area contributed by atoms with Crippen LogP contribution in [0, 0.1) is 0 Å². The third kappa shape index (κ3) is 3.63. The minimum atomic E-state index is -0.346. The molecule has 2 aliphatic rings. The van der Waals surface area contributed by atoms with Gasteiger partial charge in [-0.25, -0.2) is 0 Å². The van der Waals surface area contributed by atoms with Crippen LogP contribution in [0.1, 0.15) is 31.2 Å². The third-order valence-corrected chi connectivity index (χ3v) is 4.56. The highest BCUT2D eigenvalue weighted by Gasteiger charge is 2.38. The summed E-state index contributed by atoms with van der Waals surface area (Å²) >= 11 is 0. The van der Waals surface area contributed by atoms with Crippen LogP contribution in [0.5, 0.6) is 0 Å². The lowest BCUT2D eigenvalue weighted by atomic mass is 10.0. The molecule has 114 valence electrons. The summed E-state index contributed by atoms with van der Waals surface area (Å²) in [5, 5.41) is 9.16. The number of nitrogens with zero attached hydrogens (tertiary/aromatic N) is 2. The van der Waals surface area contributed by atoms with Crippen LogP contribution < -0.4 is 0 Å². The van der Waals surface area contributed by atoms with Crippen molar-refractivity contribution in [2.75, 3.05) is 19.7 Å². The second-order valence-corrected chi connectivity index (χ2v) is 6.18. The highest BCUT2D eigenvalue weighted by Crippen LogP contribution is 2.32. The molecule has 0 bridgehead atoms. The molecular weight excluding hydrogens is 264 g/mol. The van der Waals surface area contributed by atoms with Gasteiger partial charge in [0.15, 0.2) is 0 Å². The van der Waals surface area contributed by atoms with Crippen LogP contribution >= 0.6 is 0 Å². The van der Waals surface area contributed by atoms with E-state index in [1.165, 1.54) is 5.56 Å². The Morgan fingerprint density at radius 2 is 1.71 bits per heavy atom. The van der Waals surface area contributed by atoms with Crippen molar-refractivity contribution in [1.82, 2.24) is 9.80 Å². The zero-order valence-electron chi connectivity index (χ0n) is 12.4. The zero-order chi connectivity index (χ0) is 14.7. The van der Waals surface area contributed by atoms with Gasteiger partial charge >= 0.3 is 0 Å². The van der Waals surface area contributed by atoms with Crippen LogP contribution in [0.25, 0.3) is 0 Å². The first kappa shape index (κ1) is 14.5. The fourth-order valence-corrected chi connectivity index (χ4v) is 3.34. The Morgan fingerprint density at radius 1 is 1.10 bits per heavy atom. The van der Waals surface area contributed by atoms with Crippen LogP contribution in [0.4, 0.5) is 0 Å². The second-order valence-electron chi connectivity index (χ2n) is 6.18. The van der Waals surface area contributed by atoms with Gasteiger partial charge in [0.1, 0.15) is 6.61 Å². The molecule has 0 spiro atoms. The number of aliphatic hydroxyl groups excluding tert-OH is 1. The molecule has 0 unspecified atom stereocenters. The number of amides is 1. The van der Waals surface area contributed by atoms with Crippen LogP contribution in [-0.2, 0) is 11.3 Å². The quantitative estimate of drug-likeness (QED) is 0.895. The third-order valence-electron chi connectivity index (χ3n) is 4.56. The van der Waals surface area contributed by atoms with Crippen molar-refractivity contribution in [3.05, 3.63) is 35.9 Å². The van der Waals surface area contributed by atoms with Gasteiger partial charge in [-0.15, -0.1) is 0 Å². The molecular formula is C17H24N2O2. The minimum absolute atomic E-state index is 0.0843. The van der Waals surface area contributed by atoms with Crippen LogP contribution in [0.3, 0.4) is 0 Å². The molecule has 3 rings (SSSR count). The lowest BCUT2D eigenvalue weighted by molar-refractivity contribution is -0.138. The van der Waals surface area contributed by atoms with E-state index >= 15 is 0 Å². The average molecular weight is 288 g/mol. The minimum Gasteiger partial charge on any atom is -0.387 e. The van der Waals surface area contributed by atoms with Gasteiger partial charge in [-0.1, -0.05) is 30.3 Å². The van der Waals surface area contributed by atoms with Crippen molar-refractivity contribution in [3.8, 4) is 0 Å². The van der Waals surface area contributed by atoms with Gasteiger partial charge in [0.2, 0.25) is 5.91 Å². The molecule has 1 aliphatic carbocycles. The van der Waals surface area contributed by atoms with Gasteiger partial charge in [-0.2, -0.15) is 0 Å². The van der Waals surface area contributed by atoms with Crippen molar-refractivity contribution < 1.29 is 9.90 Å². The van der Waals surface area contributed by atoms with E-state index in [4.69, 9.17) is 5.11 Å². The number of rotatable bonds is 5. The summed E-state index contributed by atoms with van der Waals surface area (Å²) in [5.74, 6) is -0.0843. The molecule has 0 aromatic heterocycles. The number of aliphatic hydroxyl groups is 1. The van der Waals surface area contributed by atoms with E-state index < -0.39 is 0 Å². The fourth-order valence-electron chi connectivity index (χ4n) is 3.34. The molecule has 0 radical (unpaired) electrons. The lowest BCUT2D eigenvalue weighted by Crippen LogP contribution is -2.49. The lowest BCUT2D eigenvalue weighted by Gasteiger charge is -2.38. The maximum Gasteiger partial charge on any atom is 0.248 e. The number of piperidine rings is 1. The maximum atomic E-state index is 11.9. The van der Waals surface area contributed by atoms with Gasteiger partial charge < -0.3 is 10.0 Å². The van der Waals surface area contributed by atoms with Crippen LogP contribution in [0.2, 0.25) is 0 Å². The SMILES string of the molecule is O=C(CO)N(C1CC1)C1CCN(Cc2ccccc2)CC1. The molecule has 1 heterocycles.